The average Bonchev–Trinajstić information content (AvgIpc) is 2.49. The Morgan fingerprint density at radius 1 is 1.00 bits per heavy atom. The minimum Gasteiger partial charge on any atom is -0.392 e. The van der Waals surface area contributed by atoms with Crippen LogP contribution >= 0.6 is 0 Å². The number of nitrogens with zero attached hydrogens (tertiary/aromatic N) is 2. The number of aryl methyl sites for hydroxylation is 3. The summed E-state index contributed by atoms with van der Waals surface area (Å²) in [7, 11) is 0. The topological polar surface area (TPSA) is 46.0 Å². The van der Waals surface area contributed by atoms with Crippen molar-refractivity contribution >= 4 is 10.9 Å². The molecule has 2 heterocycles. The molecular weight excluding hydrogens is 260 g/mol. The van der Waals surface area contributed by atoms with E-state index in [-0.39, 0.29) is 6.61 Å². The maximum absolute atomic E-state index is 9.42. The van der Waals surface area contributed by atoms with E-state index in [0.717, 1.165) is 39.0 Å². The van der Waals surface area contributed by atoms with E-state index in [4.69, 9.17) is 4.98 Å². The highest BCUT2D eigenvalue weighted by atomic mass is 16.3. The van der Waals surface area contributed by atoms with Crippen molar-refractivity contribution < 1.29 is 5.11 Å². The van der Waals surface area contributed by atoms with E-state index in [1.54, 1.807) is 0 Å². The van der Waals surface area contributed by atoms with Crippen LogP contribution in [-0.2, 0) is 6.61 Å². The molecule has 0 bridgehead atoms. The van der Waals surface area contributed by atoms with Gasteiger partial charge in [0.15, 0.2) is 0 Å². The number of hydrogen-bond donors (Lipinski definition) is 1. The molecule has 0 aliphatic heterocycles. The van der Waals surface area contributed by atoms with Crippen LogP contribution in [0.3, 0.4) is 0 Å². The van der Waals surface area contributed by atoms with Crippen LogP contribution in [0.25, 0.3) is 22.3 Å². The summed E-state index contributed by atoms with van der Waals surface area (Å²) in [5, 5.41) is 10.5. The Labute approximate surface area is 124 Å². The summed E-state index contributed by atoms with van der Waals surface area (Å²) in [6.45, 7) is 6.15. The molecule has 3 rings (SSSR count). The van der Waals surface area contributed by atoms with Gasteiger partial charge in [-0.3, -0.25) is 4.98 Å². The van der Waals surface area contributed by atoms with Gasteiger partial charge in [-0.25, -0.2) is 4.98 Å². The lowest BCUT2D eigenvalue weighted by atomic mass is 10.0. The summed E-state index contributed by atoms with van der Waals surface area (Å²) in [5.74, 6) is 0. The highest BCUT2D eigenvalue weighted by Gasteiger charge is 2.10. The van der Waals surface area contributed by atoms with Crippen LogP contribution in [0.1, 0.15) is 22.3 Å². The molecule has 21 heavy (non-hydrogen) atoms. The van der Waals surface area contributed by atoms with Crippen LogP contribution in [0, 0.1) is 20.8 Å². The van der Waals surface area contributed by atoms with Gasteiger partial charge < -0.3 is 5.11 Å². The number of hydrogen-bond acceptors (Lipinski definition) is 3. The predicted molar refractivity (Wildman–Crippen MR) is 85.1 cm³/mol. The third kappa shape index (κ3) is 2.41. The SMILES string of the molecule is Cc1ccc(-c2cc(C)c3ccc(CO)c(C)c3n2)nc1. The molecule has 0 saturated heterocycles. The Morgan fingerprint density at radius 2 is 1.81 bits per heavy atom. The summed E-state index contributed by atoms with van der Waals surface area (Å²) in [4.78, 5) is 9.23. The van der Waals surface area contributed by atoms with Gasteiger partial charge in [0.05, 0.1) is 23.5 Å². The van der Waals surface area contributed by atoms with E-state index in [9.17, 15) is 5.11 Å². The van der Waals surface area contributed by atoms with E-state index < -0.39 is 0 Å². The first kappa shape index (κ1) is 13.7. The highest BCUT2D eigenvalue weighted by molar-refractivity contribution is 5.88. The van der Waals surface area contributed by atoms with Crippen LogP contribution in [0.15, 0.2) is 36.5 Å². The Balaban J connectivity index is 2.26. The second kappa shape index (κ2) is 5.26. The summed E-state index contributed by atoms with van der Waals surface area (Å²) in [6.07, 6.45) is 1.85. The molecule has 1 aromatic carbocycles. The number of aliphatic hydroxyl groups excluding tert-OH is 1. The van der Waals surface area contributed by atoms with Gasteiger partial charge in [-0.05, 0) is 55.2 Å². The number of benzene rings is 1. The van der Waals surface area contributed by atoms with Gasteiger partial charge in [-0.15, -0.1) is 0 Å². The van der Waals surface area contributed by atoms with Crippen molar-refractivity contribution in [2.45, 2.75) is 27.4 Å². The molecule has 0 unspecified atom stereocenters. The van der Waals surface area contributed by atoms with Crippen LogP contribution in [-0.4, -0.2) is 15.1 Å². The van der Waals surface area contributed by atoms with E-state index in [0.29, 0.717) is 0 Å². The molecule has 0 amide bonds. The molecule has 0 radical (unpaired) electrons. The summed E-state index contributed by atoms with van der Waals surface area (Å²) in [5.41, 5.74) is 6.95. The maximum atomic E-state index is 9.42. The van der Waals surface area contributed by atoms with Crippen molar-refractivity contribution in [1.82, 2.24) is 9.97 Å². The smallest absolute Gasteiger partial charge is 0.0896 e. The molecule has 3 nitrogen and oxygen atoms in total. The summed E-state index contributed by atoms with van der Waals surface area (Å²) in [6, 6.07) is 10.1. The zero-order valence-electron chi connectivity index (χ0n) is 12.5. The van der Waals surface area contributed by atoms with Crippen molar-refractivity contribution in [2.24, 2.45) is 0 Å². The molecule has 1 N–H and O–H groups in total. The first-order valence-electron chi connectivity index (χ1n) is 7.04. The average molecular weight is 278 g/mol. The minimum absolute atomic E-state index is 0.0372. The van der Waals surface area contributed by atoms with Crippen molar-refractivity contribution in [3.8, 4) is 11.4 Å². The van der Waals surface area contributed by atoms with Crippen LogP contribution < -0.4 is 0 Å². The highest BCUT2D eigenvalue weighted by Crippen LogP contribution is 2.27. The van der Waals surface area contributed by atoms with E-state index in [1.807, 2.05) is 44.3 Å². The number of aromatic nitrogens is 2. The molecular formula is C18H18N2O. The first-order chi connectivity index (χ1) is 10.1. The molecule has 0 aliphatic rings. The van der Waals surface area contributed by atoms with Crippen molar-refractivity contribution in [1.29, 1.82) is 0 Å². The molecule has 0 saturated carbocycles. The van der Waals surface area contributed by atoms with Crippen molar-refractivity contribution in [2.75, 3.05) is 0 Å². The molecule has 2 aromatic heterocycles. The Kier molecular flexibility index (Phi) is 3.43. The van der Waals surface area contributed by atoms with Crippen LogP contribution in [0.2, 0.25) is 0 Å². The second-order valence-electron chi connectivity index (χ2n) is 5.45. The van der Waals surface area contributed by atoms with Gasteiger partial charge in [0.25, 0.3) is 0 Å². The quantitative estimate of drug-likeness (QED) is 0.777. The number of rotatable bonds is 2. The monoisotopic (exact) mass is 278 g/mol. The fourth-order valence-corrected chi connectivity index (χ4v) is 2.56. The predicted octanol–water partition coefficient (Wildman–Crippen LogP) is 3.71. The molecule has 0 aliphatic carbocycles. The van der Waals surface area contributed by atoms with Gasteiger partial charge in [0.2, 0.25) is 0 Å². The lowest BCUT2D eigenvalue weighted by Gasteiger charge is -2.11. The fraction of sp³-hybridized carbons (Fsp3) is 0.222. The first-order valence-corrected chi connectivity index (χ1v) is 7.04. The fourth-order valence-electron chi connectivity index (χ4n) is 2.56. The number of aliphatic hydroxyl groups is 1. The molecule has 106 valence electrons. The van der Waals surface area contributed by atoms with Crippen LogP contribution in [0.5, 0.6) is 0 Å². The van der Waals surface area contributed by atoms with Gasteiger partial charge in [0.1, 0.15) is 0 Å². The molecule has 0 fully saturated rings. The maximum Gasteiger partial charge on any atom is 0.0896 e. The number of pyridine rings is 2. The van der Waals surface area contributed by atoms with Crippen molar-refractivity contribution in [3.05, 3.63) is 58.8 Å². The van der Waals surface area contributed by atoms with E-state index in [1.165, 1.54) is 5.56 Å². The summed E-state index contributed by atoms with van der Waals surface area (Å²) >= 11 is 0. The lowest BCUT2D eigenvalue weighted by Crippen LogP contribution is -1.96. The van der Waals surface area contributed by atoms with Gasteiger partial charge >= 0.3 is 0 Å². The van der Waals surface area contributed by atoms with Gasteiger partial charge in [0, 0.05) is 11.6 Å². The van der Waals surface area contributed by atoms with Crippen LogP contribution in [0.4, 0.5) is 0 Å². The zero-order valence-corrected chi connectivity index (χ0v) is 12.5. The van der Waals surface area contributed by atoms with E-state index >= 15 is 0 Å². The lowest BCUT2D eigenvalue weighted by molar-refractivity contribution is 0.281. The Morgan fingerprint density at radius 3 is 2.48 bits per heavy atom. The zero-order chi connectivity index (χ0) is 15.0. The van der Waals surface area contributed by atoms with E-state index in [2.05, 4.69) is 18.0 Å². The largest absolute Gasteiger partial charge is 0.392 e. The van der Waals surface area contributed by atoms with Gasteiger partial charge in [-0.2, -0.15) is 0 Å². The normalized spacial score (nSPS) is 11.0. The Hall–Kier alpha value is -2.26. The van der Waals surface area contributed by atoms with Crippen molar-refractivity contribution in [3.63, 3.8) is 0 Å². The molecule has 0 spiro atoms. The summed E-state index contributed by atoms with van der Waals surface area (Å²) < 4.78 is 0. The minimum atomic E-state index is 0.0372. The third-order valence-electron chi connectivity index (χ3n) is 3.90. The number of fused-ring (bicyclic) bond motifs is 1. The second-order valence-corrected chi connectivity index (χ2v) is 5.45. The molecule has 0 atom stereocenters. The molecule has 3 aromatic rings. The standard InChI is InChI=1S/C18H18N2O/c1-11-4-7-16(19-9-11)17-8-12(2)15-6-5-14(10-21)13(3)18(15)20-17/h4-9,21H,10H2,1-3H3. The van der Waals surface area contributed by atoms with Gasteiger partial charge in [-0.1, -0.05) is 18.2 Å². The Bertz CT molecular complexity index is 808. The third-order valence-corrected chi connectivity index (χ3v) is 3.90. The molecule has 3 heteroatoms.